The van der Waals surface area contributed by atoms with E-state index in [4.69, 9.17) is 4.84 Å². The summed E-state index contributed by atoms with van der Waals surface area (Å²) in [5.41, 5.74) is 1.55. The Balaban J connectivity index is 1.67. The van der Waals surface area contributed by atoms with Gasteiger partial charge in [-0.05, 0) is 49.7 Å². The molecule has 2 aromatic rings. The van der Waals surface area contributed by atoms with E-state index < -0.39 is 53.5 Å². The van der Waals surface area contributed by atoms with Crippen molar-refractivity contribution in [1.82, 2.24) is 25.6 Å². The van der Waals surface area contributed by atoms with Crippen LogP contribution in [0, 0.1) is 5.92 Å². The topological polar surface area (TPSA) is 156 Å². The van der Waals surface area contributed by atoms with Crippen LogP contribution in [0.15, 0.2) is 30.5 Å². The molecule has 4 rings (SSSR count). The predicted molar refractivity (Wildman–Crippen MR) is 172 cm³/mol. The molecule has 12 heteroatoms. The van der Waals surface area contributed by atoms with E-state index in [0.29, 0.717) is 32.2 Å². The summed E-state index contributed by atoms with van der Waals surface area (Å²) in [5.74, 6) is -2.85. The highest BCUT2D eigenvalue weighted by Gasteiger charge is 2.41. The molecule has 2 aliphatic heterocycles. The number of nitrogens with one attached hydrogen (secondary N) is 3. The summed E-state index contributed by atoms with van der Waals surface area (Å²) < 4.78 is 1.59. The van der Waals surface area contributed by atoms with Crippen LogP contribution in [0.25, 0.3) is 10.9 Å². The van der Waals surface area contributed by atoms with Crippen LogP contribution < -0.4 is 20.8 Å². The summed E-state index contributed by atoms with van der Waals surface area (Å²) in [6, 6.07) is 3.84. The van der Waals surface area contributed by atoms with Crippen LogP contribution in [0.2, 0.25) is 0 Å². The van der Waals surface area contributed by atoms with Crippen molar-refractivity contribution in [3.63, 3.8) is 0 Å². The quantitative estimate of drug-likeness (QED) is 0.238. The van der Waals surface area contributed by atoms with E-state index in [-0.39, 0.29) is 37.5 Å². The molecule has 46 heavy (non-hydrogen) atoms. The van der Waals surface area contributed by atoms with Gasteiger partial charge in [-0.1, -0.05) is 51.8 Å². The molecule has 12 nitrogen and oxygen atoms in total. The second kappa shape index (κ2) is 15.9. The number of carbonyl (C=O) groups excluding carboxylic acids is 6. The molecule has 2 saturated heterocycles. The molecular formula is C34H47N5O7. The molecule has 3 heterocycles. The van der Waals surface area contributed by atoms with Crippen molar-refractivity contribution in [1.29, 1.82) is 0 Å². The highest BCUT2D eigenvalue weighted by Crippen LogP contribution is 2.24. The van der Waals surface area contributed by atoms with Gasteiger partial charge in [0.15, 0.2) is 11.6 Å². The van der Waals surface area contributed by atoms with Gasteiger partial charge in [-0.2, -0.15) is 4.73 Å². The number of Topliss-reactive ketones (excluding diaryl/α,β-unsaturated/α-hetero) is 2. The normalized spacial score (nSPS) is 23.3. The standard InChI is InChI=1S/C34H47N5O7/c1-5-21(3)30-34(45)38-18-12-11-16-27(38)33(44)35-24(14-8-10-17-29(41)28(40)6-2)31(42)36-25(32(43)37-30)19-22-20-39(46-4)26-15-9-7-13-23(22)26/h7,9,13,15,20-21,24-25,27,30H,5-6,8,10-12,14,16-19H2,1-4H3,(H,35,44)(H,36,42)(H,37,43)/t21-,24-,25-,27+,30?/m0/s1. The lowest BCUT2D eigenvalue weighted by Crippen LogP contribution is -2.64. The van der Waals surface area contributed by atoms with Crippen molar-refractivity contribution in [3.05, 3.63) is 36.0 Å². The van der Waals surface area contributed by atoms with Crippen molar-refractivity contribution >= 4 is 46.1 Å². The molecule has 0 spiro atoms. The minimum absolute atomic E-state index is 0.0610. The van der Waals surface area contributed by atoms with Crippen molar-refractivity contribution in [2.24, 2.45) is 5.92 Å². The van der Waals surface area contributed by atoms with Crippen LogP contribution in [0.5, 0.6) is 0 Å². The molecule has 1 aromatic heterocycles. The van der Waals surface area contributed by atoms with Crippen molar-refractivity contribution in [2.45, 2.75) is 109 Å². The molecule has 250 valence electrons. The van der Waals surface area contributed by atoms with Gasteiger partial charge in [0.05, 0.1) is 5.52 Å². The minimum Gasteiger partial charge on any atom is -0.417 e. The molecule has 0 saturated carbocycles. The SMILES string of the molecule is CCC(=O)C(=O)CCCC[C@@H]1NC(=O)[C@H]2CCCCN2C(=O)C([C@@H](C)CC)NC(=O)[C@H](Cc2cn(OC)c3ccccc23)NC1=O. The molecule has 4 amide bonds. The van der Waals surface area contributed by atoms with E-state index >= 15 is 0 Å². The smallest absolute Gasteiger partial charge is 0.246 e. The first-order chi connectivity index (χ1) is 22.1. The highest BCUT2D eigenvalue weighted by atomic mass is 16.6. The first-order valence-corrected chi connectivity index (χ1v) is 16.5. The largest absolute Gasteiger partial charge is 0.417 e. The van der Waals surface area contributed by atoms with Crippen molar-refractivity contribution in [3.8, 4) is 0 Å². The van der Waals surface area contributed by atoms with Crippen LogP contribution >= 0.6 is 0 Å². The average Bonchev–Trinajstić information content (AvgIpc) is 3.43. The lowest BCUT2D eigenvalue weighted by atomic mass is 9.93. The van der Waals surface area contributed by atoms with E-state index in [1.807, 2.05) is 38.1 Å². The van der Waals surface area contributed by atoms with Gasteiger partial charge in [0, 0.05) is 37.4 Å². The molecule has 3 N–H and O–H groups in total. The number of para-hydroxylation sites is 1. The summed E-state index contributed by atoms with van der Waals surface area (Å²) in [4.78, 5) is 86.5. The van der Waals surface area contributed by atoms with Gasteiger partial charge in [0.1, 0.15) is 31.3 Å². The summed E-state index contributed by atoms with van der Waals surface area (Å²) in [6.45, 7) is 5.84. The predicted octanol–water partition coefficient (Wildman–Crippen LogP) is 2.25. The first kappa shape index (κ1) is 34.6. The fourth-order valence-electron chi connectivity index (χ4n) is 6.32. The van der Waals surface area contributed by atoms with Gasteiger partial charge in [-0.25, -0.2) is 0 Å². The molecule has 0 radical (unpaired) electrons. The van der Waals surface area contributed by atoms with Crippen molar-refractivity contribution < 1.29 is 33.6 Å². The molecule has 5 atom stereocenters. The van der Waals surface area contributed by atoms with Gasteiger partial charge in [0.25, 0.3) is 0 Å². The Hall–Kier alpha value is -4.22. The van der Waals surface area contributed by atoms with Crippen LogP contribution in [0.4, 0.5) is 0 Å². The Morgan fingerprint density at radius 2 is 1.65 bits per heavy atom. The third-order valence-corrected chi connectivity index (χ3v) is 9.29. The molecule has 0 aliphatic carbocycles. The molecule has 0 bridgehead atoms. The number of nitrogens with zero attached hydrogens (tertiary/aromatic N) is 2. The number of aromatic nitrogens is 1. The van der Waals surface area contributed by atoms with Crippen LogP contribution in [-0.2, 0) is 35.2 Å². The van der Waals surface area contributed by atoms with Gasteiger partial charge < -0.3 is 25.7 Å². The molecule has 2 fully saturated rings. The van der Waals surface area contributed by atoms with Gasteiger partial charge in [-0.15, -0.1) is 0 Å². The Labute approximate surface area is 269 Å². The second-order valence-electron chi connectivity index (χ2n) is 12.4. The maximum Gasteiger partial charge on any atom is 0.246 e. The molecule has 2 aliphatic rings. The maximum absolute atomic E-state index is 14.0. The third kappa shape index (κ3) is 7.94. The Bertz CT molecular complexity index is 1450. The number of hydrogen-bond acceptors (Lipinski definition) is 7. The van der Waals surface area contributed by atoms with Crippen molar-refractivity contribution in [2.75, 3.05) is 13.7 Å². The van der Waals surface area contributed by atoms with Gasteiger partial charge in [0.2, 0.25) is 23.6 Å². The zero-order valence-corrected chi connectivity index (χ0v) is 27.3. The summed E-state index contributed by atoms with van der Waals surface area (Å²) in [7, 11) is 1.54. The monoisotopic (exact) mass is 637 g/mol. The number of rotatable bonds is 12. The Morgan fingerprint density at radius 3 is 2.37 bits per heavy atom. The number of amides is 4. The number of piperidine rings is 1. The molecular weight excluding hydrogens is 590 g/mol. The van der Waals surface area contributed by atoms with Crippen LogP contribution in [0.1, 0.15) is 84.1 Å². The lowest BCUT2D eigenvalue weighted by molar-refractivity contribution is -0.147. The molecule has 1 unspecified atom stereocenters. The number of benzene rings is 1. The third-order valence-electron chi connectivity index (χ3n) is 9.29. The number of hydrogen-bond donors (Lipinski definition) is 3. The summed E-state index contributed by atoms with van der Waals surface area (Å²) >= 11 is 0. The summed E-state index contributed by atoms with van der Waals surface area (Å²) in [6.07, 6.45) is 5.59. The number of carbonyl (C=O) groups is 6. The number of ketones is 2. The summed E-state index contributed by atoms with van der Waals surface area (Å²) in [5, 5.41) is 9.55. The lowest BCUT2D eigenvalue weighted by Gasteiger charge is -2.39. The highest BCUT2D eigenvalue weighted by molar-refractivity contribution is 6.37. The zero-order chi connectivity index (χ0) is 33.4. The minimum atomic E-state index is -1.07. The number of unbranched alkanes of at least 4 members (excludes halogenated alkanes) is 1. The fraction of sp³-hybridized carbons (Fsp3) is 0.588. The Kier molecular flexibility index (Phi) is 11.9. The number of fused-ring (bicyclic) bond motifs is 2. The fourth-order valence-corrected chi connectivity index (χ4v) is 6.32. The van der Waals surface area contributed by atoms with E-state index in [0.717, 1.165) is 29.3 Å². The maximum atomic E-state index is 14.0. The van der Waals surface area contributed by atoms with E-state index in [9.17, 15) is 28.8 Å². The second-order valence-corrected chi connectivity index (χ2v) is 12.4. The average molecular weight is 638 g/mol. The van der Waals surface area contributed by atoms with E-state index in [2.05, 4.69) is 16.0 Å². The van der Waals surface area contributed by atoms with Gasteiger partial charge in [-0.3, -0.25) is 28.8 Å². The molecule has 1 aromatic carbocycles. The van der Waals surface area contributed by atoms with Crippen LogP contribution in [-0.4, -0.2) is 82.6 Å². The van der Waals surface area contributed by atoms with E-state index in [1.165, 1.54) is 7.11 Å². The Morgan fingerprint density at radius 1 is 0.935 bits per heavy atom. The van der Waals surface area contributed by atoms with E-state index in [1.54, 1.807) is 22.8 Å². The van der Waals surface area contributed by atoms with Crippen LogP contribution in [0.3, 0.4) is 0 Å². The first-order valence-electron chi connectivity index (χ1n) is 16.5. The zero-order valence-electron chi connectivity index (χ0n) is 27.3. The van der Waals surface area contributed by atoms with Gasteiger partial charge >= 0.3 is 0 Å².